The summed E-state index contributed by atoms with van der Waals surface area (Å²) < 4.78 is 5.41. The van der Waals surface area contributed by atoms with E-state index in [1.165, 1.54) is 17.3 Å². The van der Waals surface area contributed by atoms with Crippen molar-refractivity contribution in [1.82, 2.24) is 0 Å². The molecule has 2 aromatic carbocycles. The van der Waals surface area contributed by atoms with Gasteiger partial charge in [0.05, 0.1) is 31.7 Å². The van der Waals surface area contributed by atoms with E-state index in [1.54, 1.807) is 7.11 Å². The molecule has 2 N–H and O–H groups in total. The van der Waals surface area contributed by atoms with Gasteiger partial charge in [-0.25, -0.2) is 0 Å². The number of para-hydroxylation sites is 1. The summed E-state index contributed by atoms with van der Waals surface area (Å²) in [4.78, 5) is 14.4. The molecule has 0 bridgehead atoms. The molecule has 0 saturated carbocycles. The zero-order valence-corrected chi connectivity index (χ0v) is 16.2. The van der Waals surface area contributed by atoms with Gasteiger partial charge in [0, 0.05) is 10.5 Å². The van der Waals surface area contributed by atoms with Crippen molar-refractivity contribution in [3.63, 3.8) is 0 Å². The van der Waals surface area contributed by atoms with Crippen molar-refractivity contribution in [1.29, 1.82) is 5.26 Å². The molecule has 0 aliphatic rings. The SMILES string of the molecule is COc1ccc(C)cc1C[NH+](C)CC(=O)Nc1ccccc1SCC#N. The highest BCUT2D eigenvalue weighted by Gasteiger charge is 2.15. The Kier molecular flexibility index (Phi) is 7.52. The van der Waals surface area contributed by atoms with Crippen LogP contribution in [0.15, 0.2) is 47.4 Å². The first kappa shape index (κ1) is 19.8. The van der Waals surface area contributed by atoms with Crippen LogP contribution < -0.4 is 15.0 Å². The highest BCUT2D eigenvalue weighted by Crippen LogP contribution is 2.26. The molecule has 0 saturated heterocycles. The fraction of sp³-hybridized carbons (Fsp3) is 0.300. The number of aryl methyl sites for hydroxylation is 1. The average molecular weight is 370 g/mol. The summed E-state index contributed by atoms with van der Waals surface area (Å²) in [5.41, 5.74) is 3.00. The number of hydrogen-bond donors (Lipinski definition) is 2. The van der Waals surface area contributed by atoms with Gasteiger partial charge in [0.2, 0.25) is 0 Å². The van der Waals surface area contributed by atoms with E-state index in [2.05, 4.69) is 17.5 Å². The number of nitrogens with zero attached hydrogens (tertiary/aromatic N) is 1. The molecule has 2 aromatic rings. The van der Waals surface area contributed by atoms with Crippen molar-refractivity contribution in [3.05, 3.63) is 53.6 Å². The summed E-state index contributed by atoms with van der Waals surface area (Å²) in [6.07, 6.45) is 0. The summed E-state index contributed by atoms with van der Waals surface area (Å²) in [7, 11) is 3.64. The summed E-state index contributed by atoms with van der Waals surface area (Å²) in [6, 6.07) is 15.7. The zero-order valence-electron chi connectivity index (χ0n) is 15.3. The third-order valence-corrected chi connectivity index (χ3v) is 4.78. The van der Waals surface area contributed by atoms with Gasteiger partial charge in [0.25, 0.3) is 5.91 Å². The quantitative estimate of drug-likeness (QED) is 0.700. The Bertz CT molecular complexity index is 802. The molecule has 0 spiro atoms. The van der Waals surface area contributed by atoms with Crippen molar-refractivity contribution >= 4 is 23.4 Å². The highest BCUT2D eigenvalue weighted by molar-refractivity contribution is 7.99. The summed E-state index contributed by atoms with van der Waals surface area (Å²) in [5.74, 6) is 1.14. The molecule has 0 heterocycles. The van der Waals surface area contributed by atoms with Crippen LogP contribution in [0.4, 0.5) is 5.69 Å². The van der Waals surface area contributed by atoms with Gasteiger partial charge >= 0.3 is 0 Å². The third kappa shape index (κ3) is 5.80. The Morgan fingerprint density at radius 2 is 2.08 bits per heavy atom. The van der Waals surface area contributed by atoms with Crippen molar-refractivity contribution in [3.8, 4) is 11.8 Å². The van der Waals surface area contributed by atoms with Gasteiger partial charge < -0.3 is 15.0 Å². The number of methoxy groups -OCH3 is 1. The lowest BCUT2D eigenvalue weighted by molar-refractivity contribution is -0.885. The van der Waals surface area contributed by atoms with E-state index in [4.69, 9.17) is 10.00 Å². The normalized spacial score (nSPS) is 11.5. The maximum absolute atomic E-state index is 12.4. The zero-order chi connectivity index (χ0) is 18.9. The van der Waals surface area contributed by atoms with Gasteiger partial charge in [-0.2, -0.15) is 5.26 Å². The molecule has 0 aromatic heterocycles. The van der Waals surface area contributed by atoms with Gasteiger partial charge in [-0.1, -0.05) is 23.8 Å². The molecule has 5 nitrogen and oxygen atoms in total. The van der Waals surface area contributed by atoms with E-state index in [9.17, 15) is 4.79 Å². The number of hydrogen-bond acceptors (Lipinski definition) is 4. The largest absolute Gasteiger partial charge is 0.496 e. The van der Waals surface area contributed by atoms with Crippen LogP contribution in [0, 0.1) is 18.3 Å². The number of carbonyl (C=O) groups excluding carboxylic acids is 1. The number of nitrogens with one attached hydrogen (secondary N) is 2. The smallest absolute Gasteiger partial charge is 0.279 e. The summed E-state index contributed by atoms with van der Waals surface area (Å²) in [5, 5.41) is 11.7. The second kappa shape index (κ2) is 9.85. The van der Waals surface area contributed by atoms with Crippen molar-refractivity contribution < 1.29 is 14.4 Å². The lowest BCUT2D eigenvalue weighted by Crippen LogP contribution is -3.08. The van der Waals surface area contributed by atoms with Gasteiger partial charge in [0.15, 0.2) is 6.54 Å². The minimum atomic E-state index is -0.0564. The summed E-state index contributed by atoms with van der Waals surface area (Å²) in [6.45, 7) is 3.08. The fourth-order valence-electron chi connectivity index (χ4n) is 2.71. The number of nitriles is 1. The molecular formula is C20H24N3O2S+. The minimum Gasteiger partial charge on any atom is -0.496 e. The van der Waals surface area contributed by atoms with Crippen LogP contribution in [0.25, 0.3) is 0 Å². The standard InChI is InChI=1S/C20H23N3O2S/c1-15-8-9-18(25-3)16(12-15)13-23(2)14-20(24)22-17-6-4-5-7-19(17)26-11-10-21/h4-9,12H,11,13-14H2,1-3H3,(H,22,24)/p+1. The Morgan fingerprint density at radius 1 is 1.31 bits per heavy atom. The van der Waals surface area contributed by atoms with E-state index < -0.39 is 0 Å². The first-order chi connectivity index (χ1) is 12.5. The summed E-state index contributed by atoms with van der Waals surface area (Å²) >= 11 is 1.42. The van der Waals surface area contributed by atoms with Crippen molar-refractivity contribution in [2.75, 3.05) is 31.8 Å². The average Bonchev–Trinajstić information content (AvgIpc) is 2.61. The third-order valence-electron chi connectivity index (χ3n) is 3.84. The van der Waals surface area contributed by atoms with Gasteiger partial charge in [-0.05, 0) is 31.2 Å². The van der Waals surface area contributed by atoms with Crippen LogP contribution in [0.2, 0.25) is 0 Å². The van der Waals surface area contributed by atoms with E-state index in [0.717, 1.165) is 26.8 Å². The molecule has 1 amide bonds. The Labute approximate surface area is 159 Å². The van der Waals surface area contributed by atoms with Crippen LogP contribution in [0.3, 0.4) is 0 Å². The van der Waals surface area contributed by atoms with Crippen LogP contribution in [-0.4, -0.2) is 32.4 Å². The topological polar surface area (TPSA) is 66.6 Å². The number of likely N-dealkylation sites (N-methyl/N-ethyl adjacent to an activating group) is 1. The second-order valence-corrected chi connectivity index (χ2v) is 7.13. The number of benzene rings is 2. The first-order valence-electron chi connectivity index (χ1n) is 8.37. The number of amides is 1. The van der Waals surface area contributed by atoms with E-state index in [0.29, 0.717) is 18.8 Å². The molecule has 2 rings (SSSR count). The fourth-order valence-corrected chi connectivity index (χ4v) is 3.38. The molecular weight excluding hydrogens is 346 g/mol. The van der Waals surface area contributed by atoms with Crippen LogP contribution in [-0.2, 0) is 11.3 Å². The van der Waals surface area contributed by atoms with Gasteiger partial charge in [-0.3, -0.25) is 4.79 Å². The molecule has 0 fully saturated rings. The molecule has 136 valence electrons. The molecule has 1 unspecified atom stereocenters. The molecule has 26 heavy (non-hydrogen) atoms. The number of anilines is 1. The number of carbonyl (C=O) groups is 1. The van der Waals surface area contributed by atoms with Crippen LogP contribution >= 0.6 is 11.8 Å². The predicted octanol–water partition coefficient (Wildman–Crippen LogP) is 2.27. The lowest BCUT2D eigenvalue weighted by Gasteiger charge is -2.17. The molecule has 0 aliphatic heterocycles. The van der Waals surface area contributed by atoms with E-state index >= 15 is 0 Å². The Hall–Kier alpha value is -2.49. The predicted molar refractivity (Wildman–Crippen MR) is 105 cm³/mol. The maximum atomic E-state index is 12.4. The number of rotatable bonds is 8. The number of quaternary nitrogens is 1. The maximum Gasteiger partial charge on any atom is 0.279 e. The van der Waals surface area contributed by atoms with Gasteiger partial charge in [-0.15, -0.1) is 11.8 Å². The van der Waals surface area contributed by atoms with Crippen LogP contribution in [0.1, 0.15) is 11.1 Å². The Morgan fingerprint density at radius 3 is 2.81 bits per heavy atom. The van der Waals surface area contributed by atoms with Crippen LogP contribution in [0.5, 0.6) is 5.75 Å². The monoisotopic (exact) mass is 370 g/mol. The molecule has 0 aliphatic carbocycles. The number of ether oxygens (including phenoxy) is 1. The van der Waals surface area contributed by atoms with Gasteiger partial charge in [0.1, 0.15) is 12.3 Å². The minimum absolute atomic E-state index is 0.0564. The first-order valence-corrected chi connectivity index (χ1v) is 9.35. The van der Waals surface area contributed by atoms with E-state index in [-0.39, 0.29) is 5.91 Å². The van der Waals surface area contributed by atoms with Crippen molar-refractivity contribution in [2.45, 2.75) is 18.4 Å². The van der Waals surface area contributed by atoms with E-state index in [1.807, 2.05) is 50.4 Å². The molecule has 6 heteroatoms. The van der Waals surface area contributed by atoms with Crippen molar-refractivity contribution in [2.24, 2.45) is 0 Å². The second-order valence-electron chi connectivity index (χ2n) is 6.12. The Balaban J connectivity index is 1.98. The lowest BCUT2D eigenvalue weighted by atomic mass is 10.1. The molecule has 0 radical (unpaired) electrons. The highest BCUT2D eigenvalue weighted by atomic mass is 32.2. The number of thioether (sulfide) groups is 1. The molecule has 1 atom stereocenters.